The minimum absolute atomic E-state index is 0.0668. The second kappa shape index (κ2) is 10.6. The first kappa shape index (κ1) is 26.8. The molecule has 4 N–H and O–H groups in total. The van der Waals surface area contributed by atoms with E-state index in [1.54, 1.807) is 0 Å². The summed E-state index contributed by atoms with van der Waals surface area (Å²) in [6.45, 7) is 4.01. The monoisotopic (exact) mass is 504 g/mol. The van der Waals surface area contributed by atoms with Gasteiger partial charge in [0.15, 0.2) is 0 Å². The molecule has 6 heteroatoms. The molecule has 2 aromatic carbocycles. The zero-order chi connectivity index (χ0) is 26.1. The molecule has 0 atom stereocenters. The normalized spacial score (nSPS) is 17.2. The van der Waals surface area contributed by atoms with Gasteiger partial charge in [0.05, 0.1) is 0 Å². The van der Waals surface area contributed by atoms with Crippen LogP contribution in [0.4, 0.5) is 28.9 Å². The predicted molar refractivity (Wildman–Crippen MR) is 140 cm³/mol. The highest BCUT2D eigenvalue weighted by molar-refractivity contribution is 5.60. The molecule has 2 aliphatic rings. The zero-order valence-corrected chi connectivity index (χ0v) is 21.6. The lowest BCUT2D eigenvalue weighted by Gasteiger charge is -2.33. The van der Waals surface area contributed by atoms with E-state index in [9.17, 15) is 0 Å². The molecule has 0 spiro atoms. The van der Waals surface area contributed by atoms with Gasteiger partial charge in [-0.1, -0.05) is 39.5 Å². The van der Waals surface area contributed by atoms with Crippen LogP contribution < -0.4 is 11.5 Å². The van der Waals surface area contributed by atoms with Crippen LogP contribution in [0.15, 0.2) is 24.3 Å². The maximum atomic E-state index is 15.9. The van der Waals surface area contributed by atoms with Crippen LogP contribution in [0.5, 0.6) is 0 Å². The predicted octanol–water partition coefficient (Wildman–Crippen LogP) is 8.96. The lowest BCUT2D eigenvalue weighted by atomic mass is 9.76. The molecule has 0 bridgehead atoms. The third-order valence-electron chi connectivity index (χ3n) is 8.40. The maximum absolute atomic E-state index is 15.9. The van der Waals surface area contributed by atoms with E-state index in [0.29, 0.717) is 46.5 Å². The summed E-state index contributed by atoms with van der Waals surface area (Å²) in [6.07, 6.45) is 9.70. The average Bonchev–Trinajstić information content (AvgIpc) is 2.77. The van der Waals surface area contributed by atoms with Gasteiger partial charge >= 0.3 is 11.8 Å². The van der Waals surface area contributed by atoms with Gasteiger partial charge in [-0.2, -0.15) is 17.6 Å². The number of alkyl halides is 4. The standard InChI is InChI=1S/C30H40F4N2/c1-3-5-9-21-15-23(17-25(27(21)35)19-11-7-12-19)29(31,32)30(33,34)24-16-22(10-6-4-2)28(36)26(18-24)20-13-8-14-20/h15-20H,3-14,35-36H2,1-2H3. The molecule has 0 unspecified atom stereocenters. The summed E-state index contributed by atoms with van der Waals surface area (Å²) < 4.78 is 63.6. The molecule has 198 valence electrons. The summed E-state index contributed by atoms with van der Waals surface area (Å²) in [5.41, 5.74) is 14.8. The summed E-state index contributed by atoms with van der Waals surface area (Å²) >= 11 is 0. The van der Waals surface area contributed by atoms with Crippen molar-refractivity contribution in [3.05, 3.63) is 57.6 Å². The van der Waals surface area contributed by atoms with Gasteiger partial charge in [0.1, 0.15) is 0 Å². The number of hydrogen-bond acceptors (Lipinski definition) is 2. The van der Waals surface area contributed by atoms with Crippen LogP contribution >= 0.6 is 0 Å². The number of hydrogen-bond donors (Lipinski definition) is 2. The van der Waals surface area contributed by atoms with Gasteiger partial charge in [-0.15, -0.1) is 0 Å². The fourth-order valence-corrected chi connectivity index (χ4v) is 5.46. The van der Waals surface area contributed by atoms with E-state index >= 15 is 17.6 Å². The van der Waals surface area contributed by atoms with Gasteiger partial charge in [0.2, 0.25) is 0 Å². The van der Waals surface area contributed by atoms with Crippen molar-refractivity contribution in [2.45, 2.75) is 115 Å². The lowest BCUT2D eigenvalue weighted by Crippen LogP contribution is -2.36. The first-order valence-corrected chi connectivity index (χ1v) is 13.7. The van der Waals surface area contributed by atoms with Crippen LogP contribution in [0.1, 0.15) is 123 Å². The fraction of sp³-hybridized carbons (Fsp3) is 0.600. The number of halogens is 4. The summed E-state index contributed by atoms with van der Waals surface area (Å²) in [7, 11) is 0. The molecule has 36 heavy (non-hydrogen) atoms. The number of unbranched alkanes of at least 4 members (excludes halogenated alkanes) is 2. The Hall–Kier alpha value is -2.24. The Bertz CT molecular complexity index is 986. The molecule has 2 aromatic rings. The van der Waals surface area contributed by atoms with Crippen molar-refractivity contribution in [3.8, 4) is 0 Å². The molecule has 2 saturated carbocycles. The zero-order valence-electron chi connectivity index (χ0n) is 21.6. The molecule has 4 rings (SSSR count). The van der Waals surface area contributed by atoms with Crippen LogP contribution in [0.25, 0.3) is 0 Å². The van der Waals surface area contributed by atoms with Gasteiger partial charge in [-0.25, -0.2) is 0 Å². The van der Waals surface area contributed by atoms with E-state index in [-0.39, 0.29) is 11.8 Å². The summed E-state index contributed by atoms with van der Waals surface area (Å²) in [4.78, 5) is 0. The molecule has 2 nitrogen and oxygen atoms in total. The second-order valence-corrected chi connectivity index (χ2v) is 10.9. The van der Waals surface area contributed by atoms with Crippen molar-refractivity contribution in [2.75, 3.05) is 11.5 Å². The molecule has 0 heterocycles. The van der Waals surface area contributed by atoms with Crippen LogP contribution in [-0.4, -0.2) is 0 Å². The Kier molecular flexibility index (Phi) is 7.92. The topological polar surface area (TPSA) is 52.0 Å². The van der Waals surface area contributed by atoms with Crippen molar-refractivity contribution >= 4 is 11.4 Å². The van der Waals surface area contributed by atoms with Crippen LogP contribution in [-0.2, 0) is 24.7 Å². The largest absolute Gasteiger partial charge is 0.398 e. The molecule has 0 radical (unpaired) electrons. The van der Waals surface area contributed by atoms with Crippen molar-refractivity contribution < 1.29 is 17.6 Å². The van der Waals surface area contributed by atoms with Crippen LogP contribution in [0.3, 0.4) is 0 Å². The Morgan fingerprint density at radius 1 is 0.667 bits per heavy atom. The molecule has 0 aromatic heterocycles. The molecule has 2 fully saturated rings. The number of rotatable bonds is 11. The quantitative estimate of drug-likeness (QED) is 0.237. The highest BCUT2D eigenvalue weighted by Gasteiger charge is 2.59. The Balaban J connectivity index is 1.79. The summed E-state index contributed by atoms with van der Waals surface area (Å²) in [5, 5.41) is 0. The summed E-state index contributed by atoms with van der Waals surface area (Å²) in [5.74, 6) is -8.63. The Morgan fingerprint density at radius 3 is 1.31 bits per heavy atom. The average molecular weight is 505 g/mol. The molecular weight excluding hydrogens is 464 g/mol. The van der Waals surface area contributed by atoms with Gasteiger partial charge in [0, 0.05) is 22.5 Å². The van der Waals surface area contributed by atoms with Gasteiger partial charge in [-0.3, -0.25) is 0 Å². The molecule has 0 amide bonds. The second-order valence-electron chi connectivity index (χ2n) is 10.9. The van der Waals surface area contributed by atoms with E-state index in [0.717, 1.165) is 64.2 Å². The van der Waals surface area contributed by atoms with Gasteiger partial charge in [0.25, 0.3) is 0 Å². The minimum Gasteiger partial charge on any atom is -0.398 e. The number of benzene rings is 2. The SMILES string of the molecule is CCCCc1cc(C(F)(F)C(F)(F)c2cc(CCCC)c(N)c(C3CCC3)c2)cc(C2CCC2)c1N. The summed E-state index contributed by atoms with van der Waals surface area (Å²) in [6, 6.07) is 4.96. The van der Waals surface area contributed by atoms with Crippen molar-refractivity contribution in [1.29, 1.82) is 0 Å². The number of nitrogen functional groups attached to an aromatic ring is 2. The Morgan fingerprint density at radius 2 is 1.03 bits per heavy atom. The number of anilines is 2. The van der Waals surface area contributed by atoms with E-state index in [1.807, 2.05) is 13.8 Å². The molecule has 2 aliphatic carbocycles. The highest BCUT2D eigenvalue weighted by Crippen LogP contribution is 2.53. The number of nitrogens with two attached hydrogens (primary N) is 2. The van der Waals surface area contributed by atoms with E-state index < -0.39 is 23.0 Å². The Labute approximate surface area is 212 Å². The van der Waals surface area contributed by atoms with Gasteiger partial charge in [-0.05, 0) is 110 Å². The minimum atomic E-state index is -4.38. The molecule has 0 aliphatic heterocycles. The van der Waals surface area contributed by atoms with Crippen LogP contribution in [0, 0.1) is 0 Å². The van der Waals surface area contributed by atoms with Crippen molar-refractivity contribution in [1.82, 2.24) is 0 Å². The fourth-order valence-electron chi connectivity index (χ4n) is 5.46. The lowest BCUT2D eigenvalue weighted by molar-refractivity contribution is -0.224. The van der Waals surface area contributed by atoms with Crippen LogP contribution in [0.2, 0.25) is 0 Å². The smallest absolute Gasteiger partial charge is 0.339 e. The molecular formula is C30H40F4N2. The molecule has 0 saturated heterocycles. The van der Waals surface area contributed by atoms with Gasteiger partial charge < -0.3 is 11.5 Å². The number of aryl methyl sites for hydroxylation is 2. The third-order valence-corrected chi connectivity index (χ3v) is 8.40. The van der Waals surface area contributed by atoms with E-state index in [2.05, 4.69) is 0 Å². The first-order chi connectivity index (χ1) is 17.1. The highest BCUT2D eigenvalue weighted by atomic mass is 19.3. The van der Waals surface area contributed by atoms with E-state index in [4.69, 9.17) is 11.5 Å². The third kappa shape index (κ3) is 4.84. The maximum Gasteiger partial charge on any atom is 0.339 e. The van der Waals surface area contributed by atoms with Crippen molar-refractivity contribution in [2.24, 2.45) is 0 Å². The first-order valence-electron chi connectivity index (χ1n) is 13.7. The van der Waals surface area contributed by atoms with Crippen molar-refractivity contribution in [3.63, 3.8) is 0 Å². The van der Waals surface area contributed by atoms with E-state index in [1.165, 1.54) is 24.3 Å².